The highest BCUT2D eigenvalue weighted by atomic mass is 16.7. The van der Waals surface area contributed by atoms with E-state index in [9.17, 15) is 15.0 Å². The van der Waals surface area contributed by atoms with E-state index >= 15 is 0 Å². The van der Waals surface area contributed by atoms with Gasteiger partial charge in [-0.2, -0.15) is 0 Å². The van der Waals surface area contributed by atoms with E-state index < -0.39 is 17.8 Å². The molecule has 0 amide bonds. The van der Waals surface area contributed by atoms with Gasteiger partial charge in [-0.1, -0.05) is 12.1 Å². The quantitative estimate of drug-likeness (QED) is 0.770. The number of carboxylic acid groups (broad SMARTS) is 1. The molecule has 2 aliphatic rings. The van der Waals surface area contributed by atoms with Crippen LogP contribution in [0.1, 0.15) is 11.1 Å². The maximum absolute atomic E-state index is 11.9. The lowest BCUT2D eigenvalue weighted by Crippen LogP contribution is -2.30. The summed E-state index contributed by atoms with van der Waals surface area (Å²) in [4.78, 5) is 11.9. The van der Waals surface area contributed by atoms with Crippen LogP contribution in [0.15, 0.2) is 36.4 Å². The smallest absolute Gasteiger partial charge is 0.307 e. The lowest BCUT2D eigenvalue weighted by Gasteiger charge is -2.22. The summed E-state index contributed by atoms with van der Waals surface area (Å²) in [5, 5.41) is 19.6. The highest BCUT2D eigenvalue weighted by Gasteiger charge is 2.29. The Hall–Kier alpha value is -2.93. The Morgan fingerprint density at radius 1 is 0.852 bits per heavy atom. The third-order valence-corrected chi connectivity index (χ3v) is 4.95. The van der Waals surface area contributed by atoms with E-state index in [1.807, 2.05) is 18.2 Å². The second kappa shape index (κ2) is 7.36. The van der Waals surface area contributed by atoms with Gasteiger partial charge in [0.2, 0.25) is 13.6 Å². The molecule has 2 aliphatic heterocycles. The molecule has 0 radical (unpaired) electrons. The van der Waals surface area contributed by atoms with Gasteiger partial charge in [-0.15, -0.1) is 0 Å². The van der Waals surface area contributed by atoms with Gasteiger partial charge in [-0.3, -0.25) is 4.79 Å². The van der Waals surface area contributed by atoms with Crippen molar-refractivity contribution in [1.29, 1.82) is 0 Å². The van der Waals surface area contributed by atoms with Gasteiger partial charge < -0.3 is 29.2 Å². The zero-order valence-electron chi connectivity index (χ0n) is 14.6. The Labute approximate surface area is 156 Å². The van der Waals surface area contributed by atoms with Gasteiger partial charge in [-0.25, -0.2) is 0 Å². The monoisotopic (exact) mass is 372 g/mol. The number of rotatable bonds is 7. The van der Waals surface area contributed by atoms with E-state index in [2.05, 4.69) is 0 Å². The average Bonchev–Trinajstić information content (AvgIpc) is 3.32. The molecule has 0 aromatic heterocycles. The van der Waals surface area contributed by atoms with E-state index in [0.717, 1.165) is 11.1 Å². The van der Waals surface area contributed by atoms with Gasteiger partial charge >= 0.3 is 5.97 Å². The molecule has 4 rings (SSSR count). The van der Waals surface area contributed by atoms with Gasteiger partial charge in [0.25, 0.3) is 0 Å². The fourth-order valence-electron chi connectivity index (χ4n) is 3.48. The Bertz CT molecular complexity index is 848. The van der Waals surface area contributed by atoms with Crippen molar-refractivity contribution in [3.8, 4) is 23.0 Å². The highest BCUT2D eigenvalue weighted by molar-refractivity contribution is 5.71. The molecule has 2 N–H and O–H groups in total. The van der Waals surface area contributed by atoms with Gasteiger partial charge in [0.1, 0.15) is 0 Å². The zero-order chi connectivity index (χ0) is 18.8. The first kappa shape index (κ1) is 17.5. The van der Waals surface area contributed by atoms with Crippen LogP contribution in [-0.4, -0.2) is 36.4 Å². The molecule has 0 bridgehead atoms. The molecular weight excluding hydrogens is 352 g/mol. The summed E-state index contributed by atoms with van der Waals surface area (Å²) >= 11 is 0. The number of benzene rings is 2. The first-order chi connectivity index (χ1) is 13.1. The van der Waals surface area contributed by atoms with E-state index in [-0.39, 0.29) is 20.2 Å². The van der Waals surface area contributed by atoms with E-state index in [1.165, 1.54) is 0 Å². The number of aliphatic hydroxyl groups is 1. The summed E-state index contributed by atoms with van der Waals surface area (Å²) in [6.45, 7) is 0.130. The summed E-state index contributed by atoms with van der Waals surface area (Å²) in [6.07, 6.45) is 0.719. The molecule has 0 spiro atoms. The molecule has 0 fully saturated rings. The van der Waals surface area contributed by atoms with Gasteiger partial charge in [0.05, 0.1) is 5.92 Å². The van der Waals surface area contributed by atoms with Crippen LogP contribution in [-0.2, 0) is 17.6 Å². The maximum atomic E-state index is 11.9. The van der Waals surface area contributed by atoms with Gasteiger partial charge in [0.15, 0.2) is 23.0 Å². The molecule has 142 valence electrons. The number of hydrogen-bond donors (Lipinski definition) is 2. The normalized spacial score (nSPS) is 16.2. The Kier molecular flexibility index (Phi) is 4.77. The first-order valence-electron chi connectivity index (χ1n) is 8.75. The molecule has 7 nitrogen and oxygen atoms in total. The molecule has 0 saturated carbocycles. The van der Waals surface area contributed by atoms with Crippen molar-refractivity contribution in [2.24, 2.45) is 11.8 Å². The minimum absolute atomic E-state index is 0.171. The fraction of sp³-hybridized carbons (Fsp3) is 0.350. The molecule has 7 heteroatoms. The summed E-state index contributed by atoms with van der Waals surface area (Å²) < 4.78 is 21.3. The molecule has 2 atom stereocenters. The number of aliphatic hydroxyl groups excluding tert-OH is 1. The van der Waals surface area contributed by atoms with Crippen LogP contribution in [0.5, 0.6) is 23.0 Å². The lowest BCUT2D eigenvalue weighted by molar-refractivity contribution is -0.144. The van der Waals surface area contributed by atoms with E-state index in [4.69, 9.17) is 18.9 Å². The highest BCUT2D eigenvalue weighted by Crippen LogP contribution is 2.35. The second-order valence-corrected chi connectivity index (χ2v) is 6.67. The zero-order valence-corrected chi connectivity index (χ0v) is 14.6. The number of carboxylic acids is 1. The van der Waals surface area contributed by atoms with E-state index in [0.29, 0.717) is 35.8 Å². The van der Waals surface area contributed by atoms with Crippen LogP contribution in [0, 0.1) is 11.8 Å². The fourth-order valence-corrected chi connectivity index (χ4v) is 3.48. The number of carbonyl (C=O) groups is 1. The number of hydrogen-bond acceptors (Lipinski definition) is 6. The summed E-state index contributed by atoms with van der Waals surface area (Å²) in [7, 11) is 0. The topological polar surface area (TPSA) is 94.5 Å². The third kappa shape index (κ3) is 3.64. The molecular formula is C20H20O7. The first-order valence-corrected chi connectivity index (χ1v) is 8.75. The van der Waals surface area contributed by atoms with Gasteiger partial charge in [0, 0.05) is 6.61 Å². The van der Waals surface area contributed by atoms with Crippen molar-refractivity contribution in [3.63, 3.8) is 0 Å². The summed E-state index contributed by atoms with van der Waals surface area (Å²) in [6, 6.07) is 10.9. The number of fused-ring (bicyclic) bond motifs is 2. The second-order valence-electron chi connectivity index (χ2n) is 6.67. The standard InChI is InChI=1S/C20H20O7/c21-9-14(5-12-1-3-16-18(7-12)26-10-24-16)15(20(22)23)6-13-2-4-17-19(8-13)27-11-25-17/h1-4,7-8,14-15,21H,5-6,9-11H2,(H,22,23)/t14-,15+/m0/s1. The minimum Gasteiger partial charge on any atom is -0.481 e. The number of aliphatic carboxylic acids is 1. The number of ether oxygens (including phenoxy) is 4. The predicted octanol–water partition coefficient (Wildman–Crippen LogP) is 2.24. The molecule has 27 heavy (non-hydrogen) atoms. The van der Waals surface area contributed by atoms with Crippen LogP contribution >= 0.6 is 0 Å². The van der Waals surface area contributed by atoms with Crippen molar-refractivity contribution in [2.75, 3.05) is 20.2 Å². The van der Waals surface area contributed by atoms with Gasteiger partial charge in [-0.05, 0) is 54.2 Å². The van der Waals surface area contributed by atoms with Crippen LogP contribution in [0.3, 0.4) is 0 Å². The summed E-state index contributed by atoms with van der Waals surface area (Å²) in [5.41, 5.74) is 1.73. The molecule has 2 aromatic carbocycles. The average molecular weight is 372 g/mol. The molecule has 0 aliphatic carbocycles. The largest absolute Gasteiger partial charge is 0.481 e. The van der Waals surface area contributed by atoms with Crippen molar-refractivity contribution in [3.05, 3.63) is 47.5 Å². The Balaban J connectivity index is 1.51. The summed E-state index contributed by atoms with van der Waals surface area (Å²) in [5.74, 6) is 0.487. The van der Waals surface area contributed by atoms with Crippen molar-refractivity contribution >= 4 is 5.97 Å². The predicted molar refractivity (Wildman–Crippen MR) is 94.2 cm³/mol. The third-order valence-electron chi connectivity index (χ3n) is 4.95. The molecule has 2 heterocycles. The SMILES string of the molecule is O=C(O)[C@H](Cc1ccc2c(c1)OCO2)[C@H](CO)Cc1ccc2c(c1)OCO2. The van der Waals surface area contributed by atoms with Crippen LogP contribution in [0.4, 0.5) is 0 Å². The lowest BCUT2D eigenvalue weighted by atomic mass is 9.83. The van der Waals surface area contributed by atoms with Crippen molar-refractivity contribution in [2.45, 2.75) is 12.8 Å². The maximum Gasteiger partial charge on any atom is 0.307 e. The molecule has 0 unspecified atom stereocenters. The Morgan fingerprint density at radius 2 is 1.37 bits per heavy atom. The minimum atomic E-state index is -0.938. The van der Waals surface area contributed by atoms with Crippen molar-refractivity contribution in [1.82, 2.24) is 0 Å². The van der Waals surface area contributed by atoms with E-state index in [1.54, 1.807) is 18.2 Å². The molecule has 2 aromatic rings. The van der Waals surface area contributed by atoms with Crippen LogP contribution < -0.4 is 18.9 Å². The van der Waals surface area contributed by atoms with Crippen LogP contribution in [0.25, 0.3) is 0 Å². The van der Waals surface area contributed by atoms with Crippen molar-refractivity contribution < 1.29 is 34.0 Å². The molecule has 0 saturated heterocycles. The van der Waals surface area contributed by atoms with Crippen LogP contribution in [0.2, 0.25) is 0 Å². The Morgan fingerprint density at radius 3 is 1.89 bits per heavy atom.